The Morgan fingerprint density at radius 1 is 1.04 bits per heavy atom. The average molecular weight is 428 g/mol. The van der Waals surface area contributed by atoms with E-state index in [1.807, 2.05) is 0 Å². The molecule has 3 aromatic rings. The summed E-state index contributed by atoms with van der Waals surface area (Å²) in [4.78, 5) is 12.2. The Morgan fingerprint density at radius 3 is 2.46 bits per heavy atom. The van der Waals surface area contributed by atoms with Crippen molar-refractivity contribution in [1.29, 1.82) is 0 Å². The second kappa shape index (κ2) is 8.10. The summed E-state index contributed by atoms with van der Waals surface area (Å²) in [6, 6.07) is 11.6. The molecule has 3 rings (SSSR count). The summed E-state index contributed by atoms with van der Waals surface area (Å²) in [6.07, 6.45) is 1.37. The highest BCUT2D eigenvalue weighted by Gasteiger charge is 2.13. The zero-order valence-corrected chi connectivity index (χ0v) is 16.0. The fraction of sp³-hybridized carbons (Fsp3) is 0. The number of carbonyl (C=O) groups is 1. The van der Waals surface area contributed by atoms with Crippen LogP contribution in [0.4, 0.5) is 0 Å². The minimum absolute atomic E-state index is 0.216. The first-order valence-corrected chi connectivity index (χ1v) is 8.75. The van der Waals surface area contributed by atoms with Gasteiger partial charge in [-0.15, -0.1) is 0 Å². The Balaban J connectivity index is 1.73. The molecule has 26 heavy (non-hydrogen) atoms. The first kappa shape index (κ1) is 18.7. The van der Waals surface area contributed by atoms with E-state index in [0.717, 1.165) is 0 Å². The van der Waals surface area contributed by atoms with Gasteiger partial charge >= 0.3 is 0 Å². The number of hydrazone groups is 1. The molecule has 0 unspecified atom stereocenters. The number of aromatic amines is 1. The normalized spacial score (nSPS) is 11.1. The van der Waals surface area contributed by atoms with Crippen molar-refractivity contribution in [3.63, 3.8) is 0 Å². The highest BCUT2D eigenvalue weighted by molar-refractivity contribution is 6.38. The van der Waals surface area contributed by atoms with Crippen molar-refractivity contribution in [3.05, 3.63) is 73.8 Å². The van der Waals surface area contributed by atoms with Crippen LogP contribution in [0.2, 0.25) is 20.1 Å². The summed E-state index contributed by atoms with van der Waals surface area (Å²) in [5, 5.41) is 12.4. The second-order valence-corrected chi connectivity index (χ2v) is 6.78. The van der Waals surface area contributed by atoms with Crippen LogP contribution in [0.25, 0.3) is 11.3 Å². The highest BCUT2D eigenvalue weighted by atomic mass is 35.5. The van der Waals surface area contributed by atoms with Gasteiger partial charge in [-0.25, -0.2) is 5.43 Å². The molecule has 1 heterocycles. The van der Waals surface area contributed by atoms with Crippen LogP contribution in [0.15, 0.2) is 47.6 Å². The van der Waals surface area contributed by atoms with Gasteiger partial charge in [0.15, 0.2) is 0 Å². The van der Waals surface area contributed by atoms with Crippen molar-refractivity contribution in [2.75, 3.05) is 0 Å². The van der Waals surface area contributed by atoms with E-state index in [1.165, 1.54) is 6.21 Å². The van der Waals surface area contributed by atoms with E-state index >= 15 is 0 Å². The van der Waals surface area contributed by atoms with Crippen LogP contribution in [-0.4, -0.2) is 22.3 Å². The van der Waals surface area contributed by atoms with Gasteiger partial charge in [-0.1, -0.05) is 52.5 Å². The van der Waals surface area contributed by atoms with E-state index in [-0.39, 0.29) is 5.69 Å². The number of carbonyl (C=O) groups excluding carboxylic acids is 1. The van der Waals surface area contributed by atoms with E-state index in [2.05, 4.69) is 20.7 Å². The van der Waals surface area contributed by atoms with Crippen LogP contribution < -0.4 is 5.43 Å². The lowest BCUT2D eigenvalue weighted by molar-refractivity contribution is 0.0950. The first-order valence-electron chi connectivity index (χ1n) is 7.24. The molecular formula is C17H10Cl4N4O. The topological polar surface area (TPSA) is 70.1 Å². The van der Waals surface area contributed by atoms with Crippen LogP contribution in [-0.2, 0) is 0 Å². The first-order chi connectivity index (χ1) is 12.5. The molecule has 0 fully saturated rings. The Morgan fingerprint density at radius 2 is 1.77 bits per heavy atom. The molecule has 0 atom stereocenters. The maximum absolute atomic E-state index is 12.2. The second-order valence-electron chi connectivity index (χ2n) is 5.13. The Bertz CT molecular complexity index is 980. The molecule has 0 aliphatic carbocycles. The largest absolute Gasteiger partial charge is 0.289 e. The molecule has 1 amide bonds. The van der Waals surface area contributed by atoms with Crippen LogP contribution in [0.5, 0.6) is 0 Å². The van der Waals surface area contributed by atoms with Gasteiger partial charge in [0, 0.05) is 16.1 Å². The number of nitrogens with one attached hydrogen (secondary N) is 2. The van der Waals surface area contributed by atoms with Gasteiger partial charge in [0.05, 0.1) is 27.0 Å². The monoisotopic (exact) mass is 426 g/mol. The van der Waals surface area contributed by atoms with Crippen molar-refractivity contribution >= 4 is 58.5 Å². The number of aromatic nitrogens is 2. The lowest BCUT2D eigenvalue weighted by Crippen LogP contribution is -2.18. The van der Waals surface area contributed by atoms with Gasteiger partial charge in [-0.3, -0.25) is 9.89 Å². The van der Waals surface area contributed by atoms with Gasteiger partial charge < -0.3 is 0 Å². The highest BCUT2D eigenvalue weighted by Crippen LogP contribution is 2.29. The fourth-order valence-electron chi connectivity index (χ4n) is 2.12. The van der Waals surface area contributed by atoms with Crippen LogP contribution >= 0.6 is 46.4 Å². The molecule has 0 saturated heterocycles. The number of nitrogens with zero attached hydrogens (tertiary/aromatic N) is 2. The maximum atomic E-state index is 12.2. The zero-order valence-electron chi connectivity index (χ0n) is 12.9. The number of benzene rings is 2. The number of hydrogen-bond acceptors (Lipinski definition) is 3. The summed E-state index contributed by atoms with van der Waals surface area (Å²) in [5.74, 6) is -0.478. The van der Waals surface area contributed by atoms with E-state index in [4.69, 9.17) is 46.4 Å². The van der Waals surface area contributed by atoms with Gasteiger partial charge in [0.2, 0.25) is 0 Å². The minimum atomic E-state index is -0.478. The molecule has 0 radical (unpaired) electrons. The van der Waals surface area contributed by atoms with E-state index in [1.54, 1.807) is 42.5 Å². The molecule has 0 spiro atoms. The van der Waals surface area contributed by atoms with Gasteiger partial charge in [0.25, 0.3) is 5.91 Å². The Hall–Kier alpha value is -2.05. The number of amides is 1. The summed E-state index contributed by atoms with van der Waals surface area (Å²) < 4.78 is 0. The molecular weight excluding hydrogens is 418 g/mol. The van der Waals surface area contributed by atoms with Crippen molar-refractivity contribution < 1.29 is 4.79 Å². The Labute approximate surface area is 168 Å². The standard InChI is InChI=1S/C17H10Cl4N4O/c18-9-4-5-10(14(21)6-9)15-7-16(24-23-15)17(26)25-22-8-11-12(19)2-1-3-13(11)20/h1-8H,(H,23,24)(H,25,26)/b22-8+. The predicted molar refractivity (Wildman–Crippen MR) is 106 cm³/mol. The minimum Gasteiger partial charge on any atom is -0.272 e. The summed E-state index contributed by atoms with van der Waals surface area (Å²) in [5.41, 5.74) is 4.26. The molecule has 0 aliphatic heterocycles. The third kappa shape index (κ3) is 4.19. The number of halogens is 4. The smallest absolute Gasteiger partial charge is 0.272 e. The van der Waals surface area contributed by atoms with Gasteiger partial charge in [-0.05, 0) is 36.4 Å². The third-order valence-electron chi connectivity index (χ3n) is 3.39. The Kier molecular flexibility index (Phi) is 5.84. The average Bonchev–Trinajstić information content (AvgIpc) is 3.07. The quantitative estimate of drug-likeness (QED) is 0.429. The summed E-state index contributed by atoms with van der Waals surface area (Å²) in [6.45, 7) is 0. The zero-order chi connectivity index (χ0) is 18.7. The maximum Gasteiger partial charge on any atom is 0.289 e. The molecule has 0 saturated carbocycles. The number of rotatable bonds is 4. The van der Waals surface area contributed by atoms with Crippen molar-refractivity contribution in [2.24, 2.45) is 5.10 Å². The van der Waals surface area contributed by atoms with Crippen LogP contribution in [0.3, 0.4) is 0 Å². The van der Waals surface area contributed by atoms with Crippen LogP contribution in [0, 0.1) is 0 Å². The van der Waals surface area contributed by atoms with Crippen molar-refractivity contribution in [2.45, 2.75) is 0 Å². The lowest BCUT2D eigenvalue weighted by Gasteiger charge is -2.01. The molecule has 0 aliphatic rings. The van der Waals surface area contributed by atoms with E-state index in [0.29, 0.717) is 36.9 Å². The SMILES string of the molecule is O=C(N/N=C/c1c(Cl)cccc1Cl)c1cc(-c2ccc(Cl)cc2Cl)n[nH]1. The number of H-pyrrole nitrogens is 1. The molecule has 2 aromatic carbocycles. The molecule has 132 valence electrons. The fourth-order valence-corrected chi connectivity index (χ4v) is 3.12. The molecule has 0 bridgehead atoms. The molecule has 5 nitrogen and oxygen atoms in total. The number of hydrogen-bond donors (Lipinski definition) is 2. The lowest BCUT2D eigenvalue weighted by atomic mass is 10.1. The van der Waals surface area contributed by atoms with E-state index < -0.39 is 5.91 Å². The van der Waals surface area contributed by atoms with Gasteiger partial charge in [0.1, 0.15) is 5.69 Å². The summed E-state index contributed by atoms with van der Waals surface area (Å²) >= 11 is 24.1. The van der Waals surface area contributed by atoms with Crippen molar-refractivity contribution in [1.82, 2.24) is 15.6 Å². The molecule has 2 N–H and O–H groups in total. The van der Waals surface area contributed by atoms with Crippen molar-refractivity contribution in [3.8, 4) is 11.3 Å². The van der Waals surface area contributed by atoms with E-state index in [9.17, 15) is 4.79 Å². The predicted octanol–water partition coefficient (Wildman–Crippen LogP) is 5.45. The summed E-state index contributed by atoms with van der Waals surface area (Å²) in [7, 11) is 0. The van der Waals surface area contributed by atoms with Crippen LogP contribution in [0.1, 0.15) is 16.1 Å². The molecule has 1 aromatic heterocycles. The third-order valence-corrected chi connectivity index (χ3v) is 4.60. The van der Waals surface area contributed by atoms with Gasteiger partial charge in [-0.2, -0.15) is 10.2 Å². The molecule has 9 heteroatoms.